The fourth-order valence-electron chi connectivity index (χ4n) is 5.96. The van der Waals surface area contributed by atoms with Crippen LogP contribution in [0.4, 0.5) is 13.2 Å². The molecule has 0 N–H and O–H groups in total. The summed E-state index contributed by atoms with van der Waals surface area (Å²) in [6, 6.07) is 19.7. The van der Waals surface area contributed by atoms with Gasteiger partial charge < -0.3 is 4.74 Å². The number of ether oxygens (including phenoxy) is 1. The number of alkyl halides is 5. The molecule has 3 unspecified atom stereocenters. The Morgan fingerprint density at radius 1 is 0.927 bits per heavy atom. The van der Waals surface area contributed by atoms with Gasteiger partial charge in [0.05, 0.1) is 12.0 Å². The van der Waals surface area contributed by atoms with Gasteiger partial charge in [-0.2, -0.15) is 21.6 Å². The zero-order chi connectivity index (χ0) is 30.6. The largest absolute Gasteiger partial charge is 0.468 e. The maximum Gasteiger partial charge on any atom is 0.424 e. The topological polar surface area (TPSA) is 69.7 Å². The van der Waals surface area contributed by atoms with Gasteiger partial charge in [0, 0.05) is 5.92 Å². The molecule has 3 aromatic carbocycles. The van der Waals surface area contributed by atoms with Gasteiger partial charge in [-0.15, -0.1) is 0 Å². The van der Waals surface area contributed by atoms with E-state index in [9.17, 15) is 26.4 Å². The molecule has 4 rings (SSSR count). The van der Waals surface area contributed by atoms with Crippen LogP contribution >= 0.6 is 23.2 Å². The third kappa shape index (κ3) is 5.05. The van der Waals surface area contributed by atoms with Gasteiger partial charge in [0.2, 0.25) is 4.33 Å². The number of methoxy groups -OCH3 is 1. The Hall–Kier alpha value is -2.59. The molecule has 1 fully saturated rings. The van der Waals surface area contributed by atoms with Crippen LogP contribution in [-0.2, 0) is 29.2 Å². The van der Waals surface area contributed by atoms with Crippen molar-refractivity contribution in [1.82, 2.24) is 0 Å². The molecule has 11 heteroatoms. The summed E-state index contributed by atoms with van der Waals surface area (Å²) >= 11 is 12.0. The molecule has 1 saturated carbocycles. The quantitative estimate of drug-likeness (QED) is 0.146. The molecule has 0 amide bonds. The summed E-state index contributed by atoms with van der Waals surface area (Å²) < 4.78 is 76.7. The summed E-state index contributed by atoms with van der Waals surface area (Å²) in [7, 11) is -3.71. The molecule has 5 nitrogen and oxygen atoms in total. The van der Waals surface area contributed by atoms with Crippen molar-refractivity contribution in [2.45, 2.75) is 54.6 Å². The van der Waals surface area contributed by atoms with E-state index in [4.69, 9.17) is 32.1 Å². The van der Waals surface area contributed by atoms with Gasteiger partial charge in [0.1, 0.15) is 11.5 Å². The molecule has 0 spiro atoms. The molecule has 41 heavy (non-hydrogen) atoms. The van der Waals surface area contributed by atoms with Crippen LogP contribution in [0.25, 0.3) is 11.1 Å². The number of benzene rings is 3. The van der Waals surface area contributed by atoms with E-state index in [0.717, 1.165) is 23.8 Å². The van der Waals surface area contributed by atoms with E-state index in [1.54, 1.807) is 26.0 Å². The van der Waals surface area contributed by atoms with Gasteiger partial charge in [0.15, 0.2) is 0 Å². The normalized spacial score (nSPS) is 21.3. The Morgan fingerprint density at radius 3 is 2.05 bits per heavy atom. The van der Waals surface area contributed by atoms with E-state index >= 15 is 0 Å². The van der Waals surface area contributed by atoms with Crippen molar-refractivity contribution in [3.8, 4) is 11.1 Å². The monoisotopic (exact) mass is 628 g/mol. The number of rotatable bonds is 8. The first-order valence-corrected chi connectivity index (χ1v) is 14.8. The van der Waals surface area contributed by atoms with Crippen LogP contribution in [-0.4, -0.2) is 38.1 Å². The van der Waals surface area contributed by atoms with Crippen molar-refractivity contribution in [2.24, 2.45) is 11.3 Å². The second-order valence-electron chi connectivity index (χ2n) is 10.7. The highest BCUT2D eigenvalue weighted by Crippen LogP contribution is 2.74. The minimum atomic E-state index is -5.33. The number of carbonyl (C=O) groups excluding carboxylic acids is 1. The molecule has 220 valence electrons. The zero-order valence-electron chi connectivity index (χ0n) is 22.9. The van der Waals surface area contributed by atoms with Gasteiger partial charge in [-0.1, -0.05) is 103 Å². The minimum Gasteiger partial charge on any atom is -0.468 e. The number of halogens is 5. The van der Waals surface area contributed by atoms with Crippen molar-refractivity contribution in [1.29, 1.82) is 0 Å². The standard InChI is InChI=1S/C30H29Cl2F3O5S/c1-18-14-16-21(17-15-18)41(37,38)40-25(29(31,32)30(33,34)35)24-27(3,4)28(24,26(36)39-5)23-13-9-12-22(19(23)2)20-10-7-6-8-11-20/h6-17,24-25H,1-5H3. The first-order valence-electron chi connectivity index (χ1n) is 12.6. The van der Waals surface area contributed by atoms with Gasteiger partial charge in [-0.25, -0.2) is 0 Å². The molecule has 0 aliphatic heterocycles. The minimum absolute atomic E-state index is 0.355. The first-order chi connectivity index (χ1) is 18.9. The number of carbonyl (C=O) groups is 1. The van der Waals surface area contributed by atoms with E-state index in [2.05, 4.69) is 0 Å². The lowest BCUT2D eigenvalue weighted by Gasteiger charge is -2.33. The van der Waals surface area contributed by atoms with E-state index in [1.165, 1.54) is 38.1 Å². The lowest BCUT2D eigenvalue weighted by Crippen LogP contribution is -2.50. The third-order valence-electron chi connectivity index (χ3n) is 8.11. The average Bonchev–Trinajstić information content (AvgIpc) is 3.42. The van der Waals surface area contributed by atoms with Gasteiger partial charge in [-0.3, -0.25) is 8.98 Å². The van der Waals surface area contributed by atoms with Crippen LogP contribution in [0, 0.1) is 25.2 Å². The molecular formula is C30H29Cl2F3O5S. The average molecular weight is 630 g/mol. The molecule has 0 bridgehead atoms. The highest BCUT2D eigenvalue weighted by molar-refractivity contribution is 7.86. The van der Waals surface area contributed by atoms with Crippen molar-refractivity contribution in [2.75, 3.05) is 7.11 Å². The SMILES string of the molecule is COC(=O)C1(c2cccc(-c3ccccc3)c2C)C(C(OS(=O)(=O)c2ccc(C)cc2)C(Cl)(Cl)C(F)(F)F)C1(C)C. The van der Waals surface area contributed by atoms with Crippen LogP contribution in [0.15, 0.2) is 77.7 Å². The maximum atomic E-state index is 14.4. The predicted octanol–water partition coefficient (Wildman–Crippen LogP) is 7.55. The highest BCUT2D eigenvalue weighted by atomic mass is 35.5. The number of hydrogen-bond donors (Lipinski definition) is 0. The number of hydrogen-bond acceptors (Lipinski definition) is 5. The Labute approximate surface area is 247 Å². The van der Waals surface area contributed by atoms with Crippen LogP contribution in [0.1, 0.15) is 30.5 Å². The molecule has 1 aliphatic rings. The van der Waals surface area contributed by atoms with E-state index in [-0.39, 0.29) is 4.90 Å². The van der Waals surface area contributed by atoms with Gasteiger partial charge in [-0.05, 0) is 53.6 Å². The predicted molar refractivity (Wildman–Crippen MR) is 151 cm³/mol. The molecule has 3 aromatic rings. The number of aryl methyl sites for hydroxylation is 1. The van der Waals surface area contributed by atoms with Crippen LogP contribution in [0.5, 0.6) is 0 Å². The molecule has 1 aliphatic carbocycles. The summed E-state index contributed by atoms with van der Waals surface area (Å²) in [6.45, 7) is 6.54. The van der Waals surface area contributed by atoms with Gasteiger partial charge in [0.25, 0.3) is 10.1 Å². The van der Waals surface area contributed by atoms with Crippen molar-refractivity contribution in [3.63, 3.8) is 0 Å². The smallest absolute Gasteiger partial charge is 0.424 e. The summed E-state index contributed by atoms with van der Waals surface area (Å²) in [6.07, 6.45) is -7.75. The highest BCUT2D eigenvalue weighted by Gasteiger charge is 2.83. The third-order valence-corrected chi connectivity index (χ3v) is 10.3. The zero-order valence-corrected chi connectivity index (χ0v) is 25.3. The van der Waals surface area contributed by atoms with Crippen LogP contribution in [0.3, 0.4) is 0 Å². The summed E-state index contributed by atoms with van der Waals surface area (Å²) in [5.74, 6) is -2.34. The Bertz CT molecular complexity index is 1560. The van der Waals surface area contributed by atoms with Crippen LogP contribution in [0.2, 0.25) is 0 Å². The molecule has 0 heterocycles. The maximum absolute atomic E-state index is 14.4. The van der Waals surface area contributed by atoms with Crippen LogP contribution < -0.4 is 0 Å². The molecular weight excluding hydrogens is 600 g/mol. The van der Waals surface area contributed by atoms with E-state index in [0.29, 0.717) is 11.1 Å². The fourth-order valence-corrected chi connectivity index (χ4v) is 7.52. The lowest BCUT2D eigenvalue weighted by molar-refractivity contribution is -0.163. The second-order valence-corrected chi connectivity index (χ2v) is 13.7. The second kappa shape index (κ2) is 10.6. The van der Waals surface area contributed by atoms with E-state index in [1.807, 2.05) is 36.4 Å². The molecule has 0 radical (unpaired) electrons. The summed E-state index contributed by atoms with van der Waals surface area (Å²) in [4.78, 5) is 13.3. The Kier molecular flexibility index (Phi) is 8.10. The molecule has 3 atom stereocenters. The van der Waals surface area contributed by atoms with E-state index < -0.39 is 49.4 Å². The fraction of sp³-hybridized carbons (Fsp3) is 0.367. The lowest BCUT2D eigenvalue weighted by atomic mass is 9.82. The first kappa shape index (κ1) is 31.3. The number of esters is 1. The summed E-state index contributed by atoms with van der Waals surface area (Å²) in [5.41, 5.74) is 0.0991. The van der Waals surface area contributed by atoms with Crippen molar-refractivity contribution < 1.29 is 35.3 Å². The molecule has 0 aromatic heterocycles. The van der Waals surface area contributed by atoms with Crippen molar-refractivity contribution >= 4 is 39.3 Å². The Morgan fingerprint density at radius 2 is 1.51 bits per heavy atom. The molecule has 0 saturated heterocycles. The van der Waals surface area contributed by atoms with Crippen molar-refractivity contribution in [3.05, 3.63) is 89.5 Å². The summed E-state index contributed by atoms with van der Waals surface area (Å²) in [5, 5.41) is 0. The Balaban J connectivity index is 1.95. The van der Waals surface area contributed by atoms with Gasteiger partial charge >= 0.3 is 12.1 Å².